The quantitative estimate of drug-likeness (QED) is 0.555. The number of aliphatic imine (C=N–C) groups is 1. The number of nitrogens with one attached hydrogen (secondary N) is 1. The largest absolute Gasteiger partial charge is 0.401 e. The summed E-state index contributed by atoms with van der Waals surface area (Å²) in [6.07, 6.45) is -3.04. The fourth-order valence-electron chi connectivity index (χ4n) is 3.40. The average Bonchev–Trinajstić information content (AvgIpc) is 2.99. The van der Waals surface area contributed by atoms with E-state index in [9.17, 15) is 13.2 Å². The van der Waals surface area contributed by atoms with Crippen LogP contribution in [0.15, 0.2) is 4.99 Å². The monoisotopic (exact) mass is 365 g/mol. The third kappa shape index (κ3) is 7.37. The van der Waals surface area contributed by atoms with Crippen LogP contribution in [0.5, 0.6) is 0 Å². The van der Waals surface area contributed by atoms with E-state index in [-0.39, 0.29) is 0 Å². The molecule has 2 fully saturated rings. The fraction of sp³-hybridized carbons (Fsp3) is 0.938. The van der Waals surface area contributed by atoms with Crippen LogP contribution in [0.3, 0.4) is 0 Å². The van der Waals surface area contributed by atoms with Gasteiger partial charge in [-0.2, -0.15) is 13.2 Å². The van der Waals surface area contributed by atoms with E-state index in [0.717, 1.165) is 58.3 Å². The molecule has 2 heterocycles. The molecule has 6 nitrogen and oxygen atoms in total. The maximum Gasteiger partial charge on any atom is 0.401 e. The Morgan fingerprint density at radius 1 is 1.28 bits per heavy atom. The first-order chi connectivity index (χ1) is 11.9. The number of alkyl halides is 3. The number of hydrogen-bond acceptors (Lipinski definition) is 4. The summed E-state index contributed by atoms with van der Waals surface area (Å²) < 4.78 is 42.4. The Morgan fingerprint density at radius 2 is 2.00 bits per heavy atom. The molecule has 2 saturated heterocycles. The molecule has 0 bridgehead atoms. The molecule has 1 atom stereocenters. The lowest BCUT2D eigenvalue weighted by molar-refractivity contribution is -0.142. The van der Waals surface area contributed by atoms with E-state index in [0.29, 0.717) is 19.0 Å². The van der Waals surface area contributed by atoms with Crippen molar-refractivity contribution in [2.45, 2.75) is 12.6 Å². The summed E-state index contributed by atoms with van der Waals surface area (Å²) in [4.78, 5) is 10.2. The van der Waals surface area contributed by atoms with E-state index in [1.807, 2.05) is 0 Å². The van der Waals surface area contributed by atoms with Crippen LogP contribution >= 0.6 is 0 Å². The Balaban J connectivity index is 1.68. The number of nitrogens with zero attached hydrogens (tertiary/aromatic N) is 4. The van der Waals surface area contributed by atoms with E-state index >= 15 is 0 Å². The van der Waals surface area contributed by atoms with Crippen molar-refractivity contribution >= 4 is 5.96 Å². The summed E-state index contributed by atoms with van der Waals surface area (Å²) in [6.45, 7) is 6.44. The minimum absolute atomic E-state index is 0.323. The molecular formula is C16H30F3N5O. The highest BCUT2D eigenvalue weighted by Crippen LogP contribution is 2.18. The Bertz CT molecular complexity index is 426. The number of halogens is 3. The highest BCUT2D eigenvalue weighted by atomic mass is 19.4. The van der Waals surface area contributed by atoms with Gasteiger partial charge in [0.05, 0.1) is 19.8 Å². The summed E-state index contributed by atoms with van der Waals surface area (Å²) in [5, 5.41) is 3.19. The second kappa shape index (κ2) is 9.59. The zero-order valence-corrected chi connectivity index (χ0v) is 15.2. The second-order valence-electron chi connectivity index (χ2n) is 6.84. The van der Waals surface area contributed by atoms with Gasteiger partial charge >= 0.3 is 6.18 Å². The van der Waals surface area contributed by atoms with Gasteiger partial charge in [0.2, 0.25) is 0 Å². The molecule has 2 rings (SSSR count). The van der Waals surface area contributed by atoms with Gasteiger partial charge in [0.25, 0.3) is 0 Å². The van der Waals surface area contributed by atoms with Gasteiger partial charge in [-0.15, -0.1) is 0 Å². The van der Waals surface area contributed by atoms with Crippen molar-refractivity contribution in [3.8, 4) is 0 Å². The molecule has 0 aromatic heterocycles. The molecule has 0 aromatic carbocycles. The molecule has 0 spiro atoms. The standard InChI is InChI=1S/C16H30F3N5O/c1-20-15(21-4-6-22(2)13-16(17,18)19)24-5-3-14(12-24)11-23-7-9-25-10-8-23/h14H,3-13H2,1-2H3,(H,20,21). The molecule has 1 N–H and O–H groups in total. The number of rotatable bonds is 6. The molecule has 0 amide bonds. The number of ether oxygens (including phenoxy) is 1. The van der Waals surface area contributed by atoms with Gasteiger partial charge in [0.15, 0.2) is 5.96 Å². The molecular weight excluding hydrogens is 335 g/mol. The molecule has 0 saturated carbocycles. The van der Waals surface area contributed by atoms with Crippen LogP contribution in [0.2, 0.25) is 0 Å². The lowest BCUT2D eigenvalue weighted by Crippen LogP contribution is -2.44. The summed E-state index contributed by atoms with van der Waals surface area (Å²) in [6, 6.07) is 0. The van der Waals surface area contributed by atoms with E-state index in [1.54, 1.807) is 7.05 Å². The molecule has 146 valence electrons. The molecule has 2 aliphatic heterocycles. The maximum atomic E-state index is 12.3. The molecule has 1 unspecified atom stereocenters. The Morgan fingerprint density at radius 3 is 2.64 bits per heavy atom. The first-order valence-corrected chi connectivity index (χ1v) is 8.88. The lowest BCUT2D eigenvalue weighted by Gasteiger charge is -2.29. The predicted molar refractivity (Wildman–Crippen MR) is 91.9 cm³/mol. The van der Waals surface area contributed by atoms with Gasteiger partial charge in [0, 0.05) is 52.9 Å². The SMILES string of the molecule is CN=C(NCCN(C)CC(F)(F)F)N1CCC(CN2CCOCC2)C1. The molecule has 0 aromatic rings. The lowest BCUT2D eigenvalue weighted by atomic mass is 10.1. The van der Waals surface area contributed by atoms with Crippen molar-refractivity contribution in [1.82, 2.24) is 20.0 Å². The molecule has 2 aliphatic rings. The molecule has 9 heteroatoms. The first kappa shape index (κ1) is 20.3. The highest BCUT2D eigenvalue weighted by molar-refractivity contribution is 5.80. The van der Waals surface area contributed by atoms with Crippen molar-refractivity contribution in [1.29, 1.82) is 0 Å². The minimum atomic E-state index is -4.15. The van der Waals surface area contributed by atoms with Gasteiger partial charge in [-0.3, -0.25) is 14.8 Å². The van der Waals surface area contributed by atoms with Gasteiger partial charge in [-0.1, -0.05) is 0 Å². The molecule has 0 radical (unpaired) electrons. The summed E-state index contributed by atoms with van der Waals surface area (Å²) in [5.41, 5.74) is 0. The average molecular weight is 365 g/mol. The van der Waals surface area contributed by atoms with Gasteiger partial charge in [-0.05, 0) is 19.4 Å². The van der Waals surface area contributed by atoms with Crippen LogP contribution in [0.25, 0.3) is 0 Å². The minimum Gasteiger partial charge on any atom is -0.379 e. The van der Waals surface area contributed by atoms with Crippen LogP contribution in [-0.4, -0.2) is 107 Å². The number of morpholine rings is 1. The summed E-state index contributed by atoms with van der Waals surface area (Å²) in [7, 11) is 3.20. The van der Waals surface area contributed by atoms with Crippen LogP contribution in [0, 0.1) is 5.92 Å². The Labute approximate surface area is 148 Å². The second-order valence-corrected chi connectivity index (χ2v) is 6.84. The number of likely N-dealkylation sites (N-methyl/N-ethyl adjacent to an activating group) is 1. The van der Waals surface area contributed by atoms with E-state index in [4.69, 9.17) is 4.74 Å². The van der Waals surface area contributed by atoms with E-state index < -0.39 is 12.7 Å². The number of guanidine groups is 1. The van der Waals surface area contributed by atoms with Crippen molar-refractivity contribution < 1.29 is 17.9 Å². The van der Waals surface area contributed by atoms with Crippen LogP contribution < -0.4 is 5.32 Å². The van der Waals surface area contributed by atoms with Gasteiger partial charge in [-0.25, -0.2) is 0 Å². The van der Waals surface area contributed by atoms with E-state index in [1.165, 1.54) is 11.9 Å². The Kier molecular flexibility index (Phi) is 7.77. The van der Waals surface area contributed by atoms with Crippen LogP contribution in [-0.2, 0) is 4.74 Å². The fourth-order valence-corrected chi connectivity index (χ4v) is 3.40. The van der Waals surface area contributed by atoms with Crippen molar-refractivity contribution in [3.63, 3.8) is 0 Å². The zero-order valence-electron chi connectivity index (χ0n) is 15.2. The normalized spacial score (nSPS) is 23.5. The van der Waals surface area contributed by atoms with Crippen LogP contribution in [0.1, 0.15) is 6.42 Å². The summed E-state index contributed by atoms with van der Waals surface area (Å²) in [5.74, 6) is 1.38. The van der Waals surface area contributed by atoms with Gasteiger partial charge in [0.1, 0.15) is 0 Å². The van der Waals surface area contributed by atoms with Crippen molar-refractivity contribution in [2.75, 3.05) is 79.7 Å². The third-order valence-electron chi connectivity index (χ3n) is 4.64. The van der Waals surface area contributed by atoms with Crippen molar-refractivity contribution in [2.24, 2.45) is 10.9 Å². The number of hydrogen-bond donors (Lipinski definition) is 1. The van der Waals surface area contributed by atoms with Gasteiger partial charge < -0.3 is 15.0 Å². The van der Waals surface area contributed by atoms with E-state index in [2.05, 4.69) is 20.1 Å². The zero-order chi connectivity index (χ0) is 18.3. The summed E-state index contributed by atoms with van der Waals surface area (Å²) >= 11 is 0. The van der Waals surface area contributed by atoms with Crippen molar-refractivity contribution in [3.05, 3.63) is 0 Å². The first-order valence-electron chi connectivity index (χ1n) is 8.88. The smallest absolute Gasteiger partial charge is 0.379 e. The maximum absolute atomic E-state index is 12.3. The Hall–Kier alpha value is -1.06. The third-order valence-corrected chi connectivity index (χ3v) is 4.64. The topological polar surface area (TPSA) is 43.3 Å². The molecule has 0 aliphatic carbocycles. The number of likely N-dealkylation sites (tertiary alicyclic amines) is 1. The predicted octanol–water partition coefficient (Wildman–Crippen LogP) is 0.710. The van der Waals surface area contributed by atoms with Crippen LogP contribution in [0.4, 0.5) is 13.2 Å². The highest BCUT2D eigenvalue weighted by Gasteiger charge is 2.29. The molecule has 25 heavy (non-hydrogen) atoms.